The quantitative estimate of drug-likeness (QED) is 0.766. The highest BCUT2D eigenvalue weighted by Crippen LogP contribution is 2.28. The number of fused-ring (bicyclic) bond motifs is 1. The molecule has 0 fully saturated rings. The summed E-state index contributed by atoms with van der Waals surface area (Å²) >= 11 is 3.36. The van der Waals surface area contributed by atoms with Gasteiger partial charge in [-0.3, -0.25) is 14.6 Å². The molecule has 1 aromatic heterocycles. The number of aromatic nitrogens is 1. The van der Waals surface area contributed by atoms with Crippen molar-refractivity contribution in [3.05, 3.63) is 28.0 Å². The smallest absolute Gasteiger partial charge is 0.273 e. The Morgan fingerprint density at radius 1 is 1.42 bits per heavy atom. The van der Waals surface area contributed by atoms with E-state index in [2.05, 4.69) is 25.9 Å². The highest BCUT2D eigenvalue weighted by molar-refractivity contribution is 9.10. The molecule has 132 valence electrons. The Balaban J connectivity index is 0.00000139. The second-order valence-electron chi connectivity index (χ2n) is 4.83. The largest absolute Gasteiger partial charge is 0.387 e. The van der Waals surface area contributed by atoms with Gasteiger partial charge in [-0.25, -0.2) is 10.1 Å². The van der Waals surface area contributed by atoms with Crippen molar-refractivity contribution < 1.29 is 9.63 Å². The third-order valence-corrected chi connectivity index (χ3v) is 3.46. The van der Waals surface area contributed by atoms with Crippen LogP contribution in [0, 0.1) is 0 Å². The number of amidine groups is 1. The number of hydrogen-bond acceptors (Lipinski definition) is 5. The molecule has 24 heavy (non-hydrogen) atoms. The summed E-state index contributed by atoms with van der Waals surface area (Å²) in [5, 5.41) is 1.38. The summed E-state index contributed by atoms with van der Waals surface area (Å²) in [6, 6.07) is 1.82. The van der Waals surface area contributed by atoms with Crippen molar-refractivity contribution in [2.75, 3.05) is 13.2 Å². The van der Waals surface area contributed by atoms with Crippen molar-refractivity contribution in [1.29, 1.82) is 0 Å². The van der Waals surface area contributed by atoms with Crippen molar-refractivity contribution in [3.8, 4) is 0 Å². The fourth-order valence-corrected chi connectivity index (χ4v) is 2.45. The minimum atomic E-state index is -0.195. The van der Waals surface area contributed by atoms with E-state index in [-0.39, 0.29) is 12.3 Å². The lowest BCUT2D eigenvalue weighted by Gasteiger charge is -2.21. The second-order valence-corrected chi connectivity index (χ2v) is 5.75. The average Bonchev–Trinajstić information content (AvgIpc) is 2.73. The van der Waals surface area contributed by atoms with Gasteiger partial charge in [-0.05, 0) is 41.4 Å². The van der Waals surface area contributed by atoms with E-state index >= 15 is 0 Å². The number of aliphatic imine (C=N–C) groups is 1. The lowest BCUT2D eigenvalue weighted by atomic mass is 10.1. The Bertz CT molecular complexity index is 623. The number of nitrogens with zero attached hydrogens (tertiary/aromatic N) is 3. The highest BCUT2D eigenvalue weighted by atomic mass is 79.9. The molecule has 1 aliphatic rings. The lowest BCUT2D eigenvalue weighted by molar-refractivity contribution is -0.180. The van der Waals surface area contributed by atoms with Gasteiger partial charge < -0.3 is 5.73 Å². The Morgan fingerprint density at radius 3 is 2.75 bits per heavy atom. The second kappa shape index (κ2) is 10.2. The first-order valence-corrected chi connectivity index (χ1v) is 8.98. The van der Waals surface area contributed by atoms with Crippen LogP contribution in [-0.2, 0) is 9.63 Å². The molecule has 1 amide bonds. The zero-order chi connectivity index (χ0) is 18.1. The first-order valence-electron chi connectivity index (χ1n) is 8.19. The van der Waals surface area contributed by atoms with Crippen molar-refractivity contribution in [2.45, 2.75) is 40.5 Å². The van der Waals surface area contributed by atoms with Crippen LogP contribution in [0.15, 0.2) is 27.3 Å². The number of carbonyl (C=O) groups is 1. The predicted molar refractivity (Wildman–Crippen MR) is 101 cm³/mol. The summed E-state index contributed by atoms with van der Waals surface area (Å²) in [6.45, 7) is 8.80. The highest BCUT2D eigenvalue weighted by Gasteiger charge is 2.22. The minimum Gasteiger partial charge on any atom is -0.387 e. The van der Waals surface area contributed by atoms with Crippen LogP contribution in [0.1, 0.15) is 46.2 Å². The standard InChI is InChI=1S/C15H19BrN4O2.C2H6/c1-3-5-20(22-4-2)15(21)10-6-12-13(19-14(17)7-10)8-11(16)9-18-12;1-2/h6,8-9H,3-5,7H2,1-2H3,(H2,17,19);1-2H3. The number of hydroxylamine groups is 2. The Labute approximate surface area is 151 Å². The van der Waals surface area contributed by atoms with Crippen LogP contribution >= 0.6 is 15.9 Å². The molecule has 2 heterocycles. The molecule has 1 aromatic rings. The maximum Gasteiger partial charge on any atom is 0.273 e. The summed E-state index contributed by atoms with van der Waals surface area (Å²) in [7, 11) is 0. The average molecular weight is 397 g/mol. The van der Waals surface area contributed by atoms with Gasteiger partial charge in [-0.2, -0.15) is 0 Å². The van der Waals surface area contributed by atoms with Gasteiger partial charge >= 0.3 is 0 Å². The number of nitrogens with two attached hydrogens (primary N) is 1. The fraction of sp³-hybridized carbons (Fsp3) is 0.471. The third kappa shape index (κ3) is 5.42. The lowest BCUT2D eigenvalue weighted by Crippen LogP contribution is -2.34. The van der Waals surface area contributed by atoms with Gasteiger partial charge in [0, 0.05) is 29.2 Å². The minimum absolute atomic E-state index is 0.195. The zero-order valence-electron chi connectivity index (χ0n) is 14.7. The molecule has 0 bridgehead atoms. The number of pyridine rings is 1. The summed E-state index contributed by atoms with van der Waals surface area (Å²) in [6.07, 6.45) is 4.49. The number of amides is 1. The van der Waals surface area contributed by atoms with Crippen LogP contribution < -0.4 is 5.73 Å². The van der Waals surface area contributed by atoms with Crippen LogP contribution in [0.4, 0.5) is 5.69 Å². The Kier molecular flexibility index (Phi) is 8.63. The summed E-state index contributed by atoms with van der Waals surface area (Å²) in [4.78, 5) is 26.7. The number of hydrogen-bond donors (Lipinski definition) is 1. The van der Waals surface area contributed by atoms with E-state index in [0.717, 1.165) is 10.9 Å². The first kappa shape index (κ1) is 20.3. The molecule has 7 heteroatoms. The van der Waals surface area contributed by atoms with E-state index in [0.29, 0.717) is 35.9 Å². The SMILES string of the molecule is CC.CCCN(OCC)C(=O)C1=Cc2ncc(Br)cc2N=C(N)C1. The molecule has 0 unspecified atom stereocenters. The van der Waals surface area contributed by atoms with Crippen LogP contribution in [0.5, 0.6) is 0 Å². The van der Waals surface area contributed by atoms with Crippen LogP contribution in [-0.4, -0.2) is 34.9 Å². The maximum atomic E-state index is 12.6. The Hall–Kier alpha value is -1.73. The molecule has 1 aliphatic heterocycles. The van der Waals surface area contributed by atoms with E-state index in [1.54, 1.807) is 12.3 Å². The number of halogens is 1. The Morgan fingerprint density at radius 2 is 2.12 bits per heavy atom. The van der Waals surface area contributed by atoms with Crippen molar-refractivity contribution in [3.63, 3.8) is 0 Å². The molecule has 0 aromatic carbocycles. The first-order chi connectivity index (χ1) is 11.5. The van der Waals surface area contributed by atoms with Crippen molar-refractivity contribution >= 4 is 39.4 Å². The van der Waals surface area contributed by atoms with E-state index in [1.807, 2.05) is 33.8 Å². The van der Waals surface area contributed by atoms with Gasteiger partial charge in [-0.1, -0.05) is 20.8 Å². The van der Waals surface area contributed by atoms with E-state index in [1.165, 1.54) is 5.06 Å². The van der Waals surface area contributed by atoms with E-state index in [4.69, 9.17) is 10.6 Å². The molecule has 0 atom stereocenters. The van der Waals surface area contributed by atoms with Crippen LogP contribution in [0.3, 0.4) is 0 Å². The molecule has 0 saturated heterocycles. The maximum absolute atomic E-state index is 12.6. The van der Waals surface area contributed by atoms with Gasteiger partial charge in [0.05, 0.1) is 18.0 Å². The summed E-state index contributed by atoms with van der Waals surface area (Å²) < 4.78 is 0.813. The van der Waals surface area contributed by atoms with Gasteiger partial charge in [0.25, 0.3) is 5.91 Å². The topological polar surface area (TPSA) is 80.8 Å². The van der Waals surface area contributed by atoms with Gasteiger partial charge in [0.15, 0.2) is 0 Å². The molecule has 2 N–H and O–H groups in total. The van der Waals surface area contributed by atoms with Crippen LogP contribution in [0.25, 0.3) is 6.08 Å². The number of rotatable bonds is 5. The van der Waals surface area contributed by atoms with Gasteiger partial charge in [-0.15, -0.1) is 0 Å². The van der Waals surface area contributed by atoms with Crippen LogP contribution in [0.2, 0.25) is 0 Å². The third-order valence-electron chi connectivity index (χ3n) is 3.02. The summed E-state index contributed by atoms with van der Waals surface area (Å²) in [5.41, 5.74) is 7.73. The molecule has 0 spiro atoms. The number of carbonyl (C=O) groups excluding carboxylic acids is 1. The molecule has 0 aliphatic carbocycles. The normalized spacial score (nSPS) is 12.9. The molecular weight excluding hydrogens is 372 g/mol. The van der Waals surface area contributed by atoms with Gasteiger partial charge in [0.2, 0.25) is 0 Å². The molecular formula is C17H25BrN4O2. The molecule has 0 radical (unpaired) electrons. The zero-order valence-corrected chi connectivity index (χ0v) is 16.3. The monoisotopic (exact) mass is 396 g/mol. The van der Waals surface area contributed by atoms with Crippen molar-refractivity contribution in [1.82, 2.24) is 10.0 Å². The fourth-order valence-electron chi connectivity index (χ4n) is 2.13. The summed E-state index contributed by atoms with van der Waals surface area (Å²) in [5.74, 6) is 0.186. The van der Waals surface area contributed by atoms with E-state index < -0.39 is 0 Å². The molecule has 2 rings (SSSR count). The van der Waals surface area contributed by atoms with Crippen molar-refractivity contribution in [2.24, 2.45) is 10.7 Å². The molecule has 0 saturated carbocycles. The van der Waals surface area contributed by atoms with Gasteiger partial charge in [0.1, 0.15) is 5.84 Å². The molecule has 6 nitrogen and oxygen atoms in total. The van der Waals surface area contributed by atoms with E-state index in [9.17, 15) is 4.79 Å². The predicted octanol–water partition coefficient (Wildman–Crippen LogP) is 3.84.